The predicted octanol–water partition coefficient (Wildman–Crippen LogP) is 2.99. The Morgan fingerprint density at radius 1 is 1.24 bits per heavy atom. The predicted molar refractivity (Wildman–Crippen MR) is 60.0 cm³/mol. The van der Waals surface area contributed by atoms with Crippen LogP contribution in [0.1, 0.15) is 25.0 Å². The lowest BCUT2D eigenvalue weighted by Crippen LogP contribution is -2.34. The molecule has 0 aliphatic heterocycles. The van der Waals surface area contributed by atoms with E-state index in [1.54, 1.807) is 19.9 Å². The molecule has 0 saturated heterocycles. The highest BCUT2D eigenvalue weighted by atomic mass is 19.4. The molecule has 0 fully saturated rings. The minimum Gasteiger partial charge on any atom is -0.496 e. The van der Waals surface area contributed by atoms with Crippen molar-refractivity contribution in [3.63, 3.8) is 0 Å². The first-order valence-electron chi connectivity index (χ1n) is 5.16. The van der Waals surface area contributed by atoms with E-state index < -0.39 is 17.3 Å². The lowest BCUT2D eigenvalue weighted by Gasteiger charge is -2.20. The molecule has 0 atom stereocenters. The Bertz CT molecular complexity index is 394. The molecule has 96 valence electrons. The zero-order valence-corrected chi connectivity index (χ0v) is 10.1. The number of rotatable bonds is 3. The zero-order chi connectivity index (χ0) is 13.3. The second-order valence-electron chi connectivity index (χ2n) is 4.70. The van der Waals surface area contributed by atoms with E-state index in [2.05, 4.69) is 0 Å². The Morgan fingerprint density at radius 3 is 2.24 bits per heavy atom. The van der Waals surface area contributed by atoms with E-state index in [-0.39, 0.29) is 5.75 Å². The molecule has 0 amide bonds. The van der Waals surface area contributed by atoms with E-state index in [1.165, 1.54) is 13.2 Å². The lowest BCUT2D eigenvalue weighted by atomic mass is 9.95. The van der Waals surface area contributed by atoms with Gasteiger partial charge < -0.3 is 10.5 Å². The maximum Gasteiger partial charge on any atom is 0.419 e. The van der Waals surface area contributed by atoms with Crippen LogP contribution in [0.15, 0.2) is 18.2 Å². The smallest absolute Gasteiger partial charge is 0.419 e. The standard InChI is InChI=1S/C12H16F3NO/c1-11(2,16)7-8-4-5-10(17-3)9(6-8)12(13,14)15/h4-6H,7,16H2,1-3H3. The first-order chi connectivity index (χ1) is 7.63. The summed E-state index contributed by atoms with van der Waals surface area (Å²) in [6, 6.07) is 4.01. The third kappa shape index (κ3) is 3.93. The van der Waals surface area contributed by atoms with Gasteiger partial charge in [0.05, 0.1) is 12.7 Å². The summed E-state index contributed by atoms with van der Waals surface area (Å²) in [6.07, 6.45) is -4.04. The SMILES string of the molecule is COc1ccc(CC(C)(C)N)cc1C(F)(F)F. The van der Waals surface area contributed by atoms with Gasteiger partial charge in [-0.25, -0.2) is 0 Å². The van der Waals surface area contributed by atoms with Crippen molar-refractivity contribution in [2.45, 2.75) is 32.0 Å². The monoisotopic (exact) mass is 247 g/mol. The first kappa shape index (κ1) is 13.8. The molecule has 0 aromatic heterocycles. The van der Waals surface area contributed by atoms with Crippen molar-refractivity contribution in [1.29, 1.82) is 0 Å². The van der Waals surface area contributed by atoms with E-state index in [0.717, 1.165) is 6.07 Å². The summed E-state index contributed by atoms with van der Waals surface area (Å²) in [5.74, 6) is -0.170. The van der Waals surface area contributed by atoms with Crippen LogP contribution in [0.25, 0.3) is 0 Å². The minimum absolute atomic E-state index is 0.170. The van der Waals surface area contributed by atoms with Crippen LogP contribution in [0.2, 0.25) is 0 Å². The molecule has 1 rings (SSSR count). The molecule has 2 N–H and O–H groups in total. The fraction of sp³-hybridized carbons (Fsp3) is 0.500. The molecule has 0 radical (unpaired) electrons. The molecule has 0 unspecified atom stereocenters. The van der Waals surface area contributed by atoms with Crippen LogP contribution in [0.4, 0.5) is 13.2 Å². The normalized spacial score (nSPS) is 12.6. The molecule has 2 nitrogen and oxygen atoms in total. The summed E-state index contributed by atoms with van der Waals surface area (Å²) in [7, 11) is 1.22. The quantitative estimate of drug-likeness (QED) is 0.891. The highest BCUT2D eigenvalue weighted by Gasteiger charge is 2.34. The van der Waals surface area contributed by atoms with Crippen molar-refractivity contribution in [1.82, 2.24) is 0 Å². The molecule has 0 bridgehead atoms. The van der Waals surface area contributed by atoms with Crippen molar-refractivity contribution in [3.8, 4) is 5.75 Å². The van der Waals surface area contributed by atoms with Crippen LogP contribution < -0.4 is 10.5 Å². The van der Waals surface area contributed by atoms with Gasteiger partial charge in [0.25, 0.3) is 0 Å². The van der Waals surface area contributed by atoms with Gasteiger partial charge in [0.15, 0.2) is 0 Å². The number of alkyl halides is 3. The number of halogens is 3. The summed E-state index contributed by atoms with van der Waals surface area (Å²) < 4.78 is 42.9. The van der Waals surface area contributed by atoms with Crippen molar-refractivity contribution < 1.29 is 17.9 Å². The van der Waals surface area contributed by atoms with Gasteiger partial charge in [-0.1, -0.05) is 6.07 Å². The fourth-order valence-electron chi connectivity index (χ4n) is 1.61. The average Bonchev–Trinajstić information content (AvgIpc) is 2.13. The van der Waals surface area contributed by atoms with Gasteiger partial charge in [-0.2, -0.15) is 13.2 Å². The summed E-state index contributed by atoms with van der Waals surface area (Å²) in [5.41, 5.74) is 5.03. The van der Waals surface area contributed by atoms with Crippen LogP contribution in [-0.4, -0.2) is 12.6 Å². The fourth-order valence-corrected chi connectivity index (χ4v) is 1.61. The molecular formula is C12H16F3NO. The Morgan fingerprint density at radius 2 is 1.82 bits per heavy atom. The summed E-state index contributed by atoms with van der Waals surface area (Å²) in [6.45, 7) is 3.54. The summed E-state index contributed by atoms with van der Waals surface area (Å²) >= 11 is 0. The Labute approximate surface area is 98.6 Å². The molecule has 0 aliphatic carbocycles. The Hall–Kier alpha value is -1.23. The third-order valence-corrected chi connectivity index (χ3v) is 2.23. The zero-order valence-electron chi connectivity index (χ0n) is 10.1. The Kier molecular flexibility index (Phi) is 3.71. The van der Waals surface area contributed by atoms with Gasteiger partial charge in [-0.15, -0.1) is 0 Å². The lowest BCUT2D eigenvalue weighted by molar-refractivity contribution is -0.138. The molecule has 17 heavy (non-hydrogen) atoms. The van der Waals surface area contributed by atoms with Gasteiger partial charge in [0, 0.05) is 5.54 Å². The number of hydrogen-bond acceptors (Lipinski definition) is 2. The second-order valence-corrected chi connectivity index (χ2v) is 4.70. The second kappa shape index (κ2) is 4.56. The summed E-state index contributed by atoms with van der Waals surface area (Å²) in [5, 5.41) is 0. The molecule has 0 spiro atoms. The van der Waals surface area contributed by atoms with E-state index in [1.807, 2.05) is 0 Å². The van der Waals surface area contributed by atoms with E-state index in [9.17, 15) is 13.2 Å². The van der Waals surface area contributed by atoms with E-state index in [0.29, 0.717) is 12.0 Å². The molecule has 1 aromatic rings. The molecular weight excluding hydrogens is 231 g/mol. The van der Waals surface area contributed by atoms with Crippen LogP contribution in [-0.2, 0) is 12.6 Å². The molecule has 0 aliphatic rings. The van der Waals surface area contributed by atoms with Crippen LogP contribution >= 0.6 is 0 Å². The Balaban J connectivity index is 3.14. The van der Waals surface area contributed by atoms with Gasteiger partial charge in [-0.05, 0) is 38.0 Å². The maximum absolute atomic E-state index is 12.7. The highest BCUT2D eigenvalue weighted by molar-refractivity contribution is 5.39. The third-order valence-electron chi connectivity index (χ3n) is 2.23. The minimum atomic E-state index is -4.42. The van der Waals surface area contributed by atoms with Crippen LogP contribution in [0.3, 0.4) is 0 Å². The number of methoxy groups -OCH3 is 1. The highest BCUT2D eigenvalue weighted by Crippen LogP contribution is 2.37. The number of ether oxygens (including phenoxy) is 1. The van der Waals surface area contributed by atoms with Crippen molar-refractivity contribution in [3.05, 3.63) is 29.3 Å². The van der Waals surface area contributed by atoms with Gasteiger partial charge >= 0.3 is 6.18 Å². The van der Waals surface area contributed by atoms with Gasteiger partial charge in [0.1, 0.15) is 5.75 Å². The van der Waals surface area contributed by atoms with Gasteiger partial charge in [0.2, 0.25) is 0 Å². The van der Waals surface area contributed by atoms with Crippen LogP contribution in [0, 0.1) is 0 Å². The van der Waals surface area contributed by atoms with Crippen molar-refractivity contribution in [2.75, 3.05) is 7.11 Å². The van der Waals surface area contributed by atoms with E-state index >= 15 is 0 Å². The topological polar surface area (TPSA) is 35.2 Å². The maximum atomic E-state index is 12.7. The van der Waals surface area contributed by atoms with Crippen molar-refractivity contribution >= 4 is 0 Å². The average molecular weight is 247 g/mol. The molecule has 1 aromatic carbocycles. The molecule has 0 saturated carbocycles. The van der Waals surface area contributed by atoms with Crippen molar-refractivity contribution in [2.24, 2.45) is 5.73 Å². The van der Waals surface area contributed by atoms with E-state index in [4.69, 9.17) is 10.5 Å². The number of hydrogen-bond donors (Lipinski definition) is 1. The van der Waals surface area contributed by atoms with Gasteiger partial charge in [-0.3, -0.25) is 0 Å². The first-order valence-corrected chi connectivity index (χ1v) is 5.16. The largest absolute Gasteiger partial charge is 0.496 e. The van der Waals surface area contributed by atoms with Crippen LogP contribution in [0.5, 0.6) is 5.75 Å². The number of benzene rings is 1. The summed E-state index contributed by atoms with van der Waals surface area (Å²) in [4.78, 5) is 0. The molecule has 5 heteroatoms. The number of nitrogens with two attached hydrogens (primary N) is 1. The molecule has 0 heterocycles.